The Labute approximate surface area is 96.7 Å². The third-order valence-corrected chi connectivity index (χ3v) is 2.73. The molecule has 0 saturated carbocycles. The van der Waals surface area contributed by atoms with E-state index in [-0.39, 0.29) is 0 Å². The highest BCUT2D eigenvalue weighted by Crippen LogP contribution is 2.22. The second kappa shape index (κ2) is 5.36. The van der Waals surface area contributed by atoms with Gasteiger partial charge in [-0.05, 0) is 19.4 Å². The van der Waals surface area contributed by atoms with Gasteiger partial charge in [0, 0.05) is 19.3 Å². The van der Waals surface area contributed by atoms with Crippen molar-refractivity contribution >= 4 is 11.5 Å². The van der Waals surface area contributed by atoms with E-state index in [1.54, 1.807) is 12.3 Å². The second-order valence-corrected chi connectivity index (χ2v) is 4.00. The largest absolute Gasteiger partial charge is 0.396 e. The van der Waals surface area contributed by atoms with Crippen LogP contribution in [-0.2, 0) is 0 Å². The van der Waals surface area contributed by atoms with Gasteiger partial charge in [0.2, 0.25) is 0 Å². The summed E-state index contributed by atoms with van der Waals surface area (Å²) in [7, 11) is 1.98. The van der Waals surface area contributed by atoms with E-state index in [9.17, 15) is 0 Å². The van der Waals surface area contributed by atoms with Gasteiger partial charge in [-0.25, -0.2) is 4.98 Å². The Balaban J connectivity index is 2.92. The number of hydrogen-bond donors (Lipinski definition) is 1. The zero-order valence-corrected chi connectivity index (χ0v) is 10.1. The van der Waals surface area contributed by atoms with Crippen LogP contribution >= 0.6 is 0 Å². The fourth-order valence-corrected chi connectivity index (χ4v) is 1.65. The normalized spacial score (nSPS) is 11.9. The van der Waals surface area contributed by atoms with Crippen LogP contribution < -0.4 is 10.6 Å². The van der Waals surface area contributed by atoms with Gasteiger partial charge in [-0.1, -0.05) is 13.3 Å². The molecule has 0 aromatic carbocycles. The predicted octanol–water partition coefficient (Wildman–Crippen LogP) is 2.16. The van der Waals surface area contributed by atoms with E-state index >= 15 is 0 Å². The maximum Gasteiger partial charge on any atom is 0.151 e. The number of hydrogen-bond acceptors (Lipinski definition) is 4. The number of nitrogens with zero attached hydrogens (tertiary/aromatic N) is 3. The molecule has 0 bridgehead atoms. The number of anilines is 2. The van der Waals surface area contributed by atoms with Gasteiger partial charge in [0.15, 0.2) is 5.82 Å². The SMILES string of the molecule is CCCC(C)N(C)c1ncc(C#N)cc1N. The summed E-state index contributed by atoms with van der Waals surface area (Å²) in [5.74, 6) is 0.750. The van der Waals surface area contributed by atoms with Crippen LogP contribution in [0.1, 0.15) is 32.3 Å². The summed E-state index contributed by atoms with van der Waals surface area (Å²) in [6, 6.07) is 4.09. The minimum atomic E-state index is 0.396. The molecular weight excluding hydrogens is 200 g/mol. The van der Waals surface area contributed by atoms with E-state index < -0.39 is 0 Å². The number of nitrogen functional groups attached to an aromatic ring is 1. The molecule has 0 radical (unpaired) electrons. The van der Waals surface area contributed by atoms with Crippen LogP contribution in [0, 0.1) is 11.3 Å². The van der Waals surface area contributed by atoms with Crippen LogP contribution in [-0.4, -0.2) is 18.1 Å². The van der Waals surface area contributed by atoms with Crippen molar-refractivity contribution < 1.29 is 0 Å². The summed E-state index contributed by atoms with van der Waals surface area (Å²) in [6.07, 6.45) is 3.78. The van der Waals surface area contributed by atoms with Crippen molar-refractivity contribution in [3.05, 3.63) is 17.8 Å². The fraction of sp³-hybridized carbons (Fsp3) is 0.500. The summed E-state index contributed by atoms with van der Waals surface area (Å²) in [5, 5.41) is 8.73. The van der Waals surface area contributed by atoms with Crippen LogP contribution in [0.15, 0.2) is 12.3 Å². The Hall–Kier alpha value is -1.76. The first kappa shape index (κ1) is 12.3. The lowest BCUT2D eigenvalue weighted by molar-refractivity contribution is 0.612. The van der Waals surface area contributed by atoms with Crippen molar-refractivity contribution in [1.29, 1.82) is 5.26 Å². The van der Waals surface area contributed by atoms with E-state index in [0.29, 0.717) is 17.3 Å². The minimum Gasteiger partial charge on any atom is -0.396 e. The number of nitrogens with two attached hydrogens (primary N) is 1. The van der Waals surface area contributed by atoms with Gasteiger partial charge >= 0.3 is 0 Å². The molecule has 16 heavy (non-hydrogen) atoms. The summed E-state index contributed by atoms with van der Waals surface area (Å²) < 4.78 is 0. The quantitative estimate of drug-likeness (QED) is 0.841. The average molecular weight is 218 g/mol. The predicted molar refractivity (Wildman–Crippen MR) is 66.1 cm³/mol. The van der Waals surface area contributed by atoms with Gasteiger partial charge in [-0.15, -0.1) is 0 Å². The molecule has 0 saturated heterocycles. The van der Waals surface area contributed by atoms with E-state index in [2.05, 4.69) is 23.7 Å². The zero-order chi connectivity index (χ0) is 12.1. The van der Waals surface area contributed by atoms with Gasteiger partial charge in [-0.3, -0.25) is 0 Å². The van der Waals surface area contributed by atoms with Crippen molar-refractivity contribution in [2.45, 2.75) is 32.7 Å². The molecule has 1 unspecified atom stereocenters. The highest BCUT2D eigenvalue weighted by Gasteiger charge is 2.13. The number of rotatable bonds is 4. The molecule has 0 spiro atoms. The first-order valence-corrected chi connectivity index (χ1v) is 5.48. The molecule has 1 aromatic heterocycles. The molecule has 0 amide bonds. The summed E-state index contributed by atoms with van der Waals surface area (Å²) in [4.78, 5) is 6.29. The van der Waals surface area contributed by atoms with E-state index in [0.717, 1.165) is 18.7 Å². The van der Waals surface area contributed by atoms with Crippen molar-refractivity contribution in [2.24, 2.45) is 0 Å². The van der Waals surface area contributed by atoms with Crippen molar-refractivity contribution in [1.82, 2.24) is 4.98 Å². The monoisotopic (exact) mass is 218 g/mol. The van der Waals surface area contributed by atoms with Gasteiger partial charge < -0.3 is 10.6 Å². The second-order valence-electron chi connectivity index (χ2n) is 4.00. The van der Waals surface area contributed by atoms with Gasteiger partial charge in [0.25, 0.3) is 0 Å². The van der Waals surface area contributed by atoms with Crippen LogP contribution in [0.5, 0.6) is 0 Å². The minimum absolute atomic E-state index is 0.396. The number of aromatic nitrogens is 1. The third kappa shape index (κ3) is 2.63. The van der Waals surface area contributed by atoms with E-state index in [1.165, 1.54) is 0 Å². The highest BCUT2D eigenvalue weighted by atomic mass is 15.2. The van der Waals surface area contributed by atoms with Crippen molar-refractivity contribution in [3.63, 3.8) is 0 Å². The maximum atomic E-state index is 8.73. The maximum absolute atomic E-state index is 8.73. The molecule has 0 aliphatic rings. The van der Waals surface area contributed by atoms with Crippen molar-refractivity contribution in [2.75, 3.05) is 17.7 Å². The third-order valence-electron chi connectivity index (χ3n) is 2.73. The summed E-state index contributed by atoms with van der Waals surface area (Å²) >= 11 is 0. The van der Waals surface area contributed by atoms with Gasteiger partial charge in [-0.2, -0.15) is 5.26 Å². The Kier molecular flexibility index (Phi) is 4.12. The molecule has 0 aliphatic carbocycles. The Morgan fingerprint density at radius 1 is 1.62 bits per heavy atom. The standard InChI is InChI=1S/C12H18N4/c1-4-5-9(2)16(3)12-11(14)6-10(7-13)8-15-12/h6,8-9H,4-5,14H2,1-3H3. The van der Waals surface area contributed by atoms with Gasteiger partial charge in [0.05, 0.1) is 11.3 Å². The molecule has 1 heterocycles. The van der Waals surface area contributed by atoms with Gasteiger partial charge in [0.1, 0.15) is 6.07 Å². The number of pyridine rings is 1. The molecule has 1 aromatic rings. The molecule has 86 valence electrons. The Morgan fingerprint density at radius 2 is 2.31 bits per heavy atom. The van der Waals surface area contributed by atoms with Crippen LogP contribution in [0.2, 0.25) is 0 Å². The molecule has 1 atom stereocenters. The van der Waals surface area contributed by atoms with Crippen molar-refractivity contribution in [3.8, 4) is 6.07 Å². The van der Waals surface area contributed by atoms with Crippen LogP contribution in [0.25, 0.3) is 0 Å². The molecule has 0 aliphatic heterocycles. The smallest absolute Gasteiger partial charge is 0.151 e. The Morgan fingerprint density at radius 3 is 2.81 bits per heavy atom. The highest BCUT2D eigenvalue weighted by molar-refractivity contribution is 5.64. The molecular formula is C12H18N4. The summed E-state index contributed by atoms with van der Waals surface area (Å²) in [5.41, 5.74) is 6.93. The molecule has 4 nitrogen and oxygen atoms in total. The number of nitriles is 1. The lowest BCUT2D eigenvalue weighted by Gasteiger charge is -2.26. The first-order chi connectivity index (χ1) is 7.60. The Bertz CT molecular complexity index is 394. The lowest BCUT2D eigenvalue weighted by Crippen LogP contribution is -2.30. The summed E-state index contributed by atoms with van der Waals surface area (Å²) in [6.45, 7) is 4.29. The lowest BCUT2D eigenvalue weighted by atomic mass is 10.1. The van der Waals surface area contributed by atoms with E-state index in [4.69, 9.17) is 11.0 Å². The molecule has 1 rings (SSSR count). The molecule has 0 fully saturated rings. The van der Waals surface area contributed by atoms with Crippen LogP contribution in [0.3, 0.4) is 0 Å². The van der Waals surface area contributed by atoms with E-state index in [1.807, 2.05) is 13.1 Å². The average Bonchev–Trinajstić information content (AvgIpc) is 2.28. The molecule has 4 heteroatoms. The molecule has 2 N–H and O–H groups in total. The first-order valence-electron chi connectivity index (χ1n) is 5.48. The fourth-order valence-electron chi connectivity index (χ4n) is 1.65. The van der Waals surface area contributed by atoms with Crippen LogP contribution in [0.4, 0.5) is 11.5 Å². The topological polar surface area (TPSA) is 65.9 Å². The zero-order valence-electron chi connectivity index (χ0n) is 10.1.